The molecule has 0 saturated carbocycles. The standard InChI is InChI=1S/C19H22N4O2/c1-19(2,3)11-23-15(9-14-10-21-18(20)22-16(14)23)8-12-4-6-13(7-5-12)17(24)25/h4-7,9-10H,8,11H2,1-3H3,(H,24,25)(H2,20,21,22). The molecule has 0 unspecified atom stereocenters. The summed E-state index contributed by atoms with van der Waals surface area (Å²) in [6.07, 6.45) is 2.43. The van der Waals surface area contributed by atoms with Gasteiger partial charge in [-0.3, -0.25) is 0 Å². The van der Waals surface area contributed by atoms with Gasteiger partial charge in [0.05, 0.1) is 5.56 Å². The summed E-state index contributed by atoms with van der Waals surface area (Å²) < 4.78 is 2.18. The second-order valence-corrected chi connectivity index (χ2v) is 7.47. The van der Waals surface area contributed by atoms with Crippen LogP contribution in [-0.2, 0) is 13.0 Å². The molecule has 6 nitrogen and oxygen atoms in total. The predicted octanol–water partition coefficient (Wildman–Crippen LogP) is 3.35. The summed E-state index contributed by atoms with van der Waals surface area (Å²) >= 11 is 0. The fourth-order valence-electron chi connectivity index (χ4n) is 2.88. The first kappa shape index (κ1) is 17.0. The third-order valence-electron chi connectivity index (χ3n) is 3.96. The topological polar surface area (TPSA) is 94.0 Å². The molecular formula is C19H22N4O2. The van der Waals surface area contributed by atoms with Gasteiger partial charge in [0.1, 0.15) is 5.65 Å². The Kier molecular flexibility index (Phi) is 4.20. The van der Waals surface area contributed by atoms with Gasteiger partial charge < -0.3 is 15.4 Å². The van der Waals surface area contributed by atoms with Crippen molar-refractivity contribution in [3.05, 3.63) is 53.3 Å². The molecule has 3 N–H and O–H groups in total. The summed E-state index contributed by atoms with van der Waals surface area (Å²) in [6, 6.07) is 9.04. The number of nitrogen functional groups attached to an aromatic ring is 1. The van der Waals surface area contributed by atoms with E-state index in [9.17, 15) is 4.79 Å². The lowest BCUT2D eigenvalue weighted by molar-refractivity contribution is 0.0697. The van der Waals surface area contributed by atoms with Crippen LogP contribution in [0.4, 0.5) is 5.95 Å². The van der Waals surface area contributed by atoms with Crippen LogP contribution in [0.15, 0.2) is 36.5 Å². The molecule has 0 aliphatic rings. The molecule has 0 amide bonds. The molecule has 130 valence electrons. The monoisotopic (exact) mass is 338 g/mol. The molecule has 25 heavy (non-hydrogen) atoms. The number of carbonyl (C=O) groups is 1. The molecule has 0 bridgehead atoms. The molecule has 0 fully saturated rings. The number of carboxylic acids is 1. The number of anilines is 1. The third-order valence-corrected chi connectivity index (χ3v) is 3.96. The minimum Gasteiger partial charge on any atom is -0.478 e. The molecule has 0 saturated heterocycles. The van der Waals surface area contributed by atoms with E-state index in [1.165, 1.54) is 0 Å². The molecule has 6 heteroatoms. The minimum atomic E-state index is -0.917. The van der Waals surface area contributed by atoms with E-state index in [-0.39, 0.29) is 16.9 Å². The summed E-state index contributed by atoms with van der Waals surface area (Å²) in [5.74, 6) is -0.655. The first-order chi connectivity index (χ1) is 11.7. The van der Waals surface area contributed by atoms with Crippen LogP contribution in [0.2, 0.25) is 0 Å². The first-order valence-corrected chi connectivity index (χ1v) is 8.16. The number of benzene rings is 1. The van der Waals surface area contributed by atoms with Crippen molar-refractivity contribution in [3.8, 4) is 0 Å². The highest BCUT2D eigenvalue weighted by Gasteiger charge is 2.18. The molecule has 0 aliphatic heterocycles. The number of aromatic nitrogens is 3. The van der Waals surface area contributed by atoms with E-state index in [1.54, 1.807) is 18.3 Å². The first-order valence-electron chi connectivity index (χ1n) is 8.16. The predicted molar refractivity (Wildman–Crippen MR) is 97.6 cm³/mol. The Morgan fingerprint density at radius 3 is 2.52 bits per heavy atom. The number of nitrogens with two attached hydrogens (primary N) is 1. The van der Waals surface area contributed by atoms with Crippen LogP contribution < -0.4 is 5.73 Å². The van der Waals surface area contributed by atoms with Gasteiger partial charge in [-0.15, -0.1) is 0 Å². The van der Waals surface area contributed by atoms with E-state index in [2.05, 4.69) is 41.4 Å². The lowest BCUT2D eigenvalue weighted by Gasteiger charge is -2.21. The molecule has 2 heterocycles. The van der Waals surface area contributed by atoms with E-state index in [0.29, 0.717) is 6.42 Å². The zero-order chi connectivity index (χ0) is 18.2. The average Bonchev–Trinajstić information content (AvgIpc) is 2.83. The van der Waals surface area contributed by atoms with Crippen LogP contribution in [0.25, 0.3) is 11.0 Å². The van der Waals surface area contributed by atoms with Crippen LogP contribution in [0.5, 0.6) is 0 Å². The van der Waals surface area contributed by atoms with Crippen LogP contribution >= 0.6 is 0 Å². The zero-order valence-corrected chi connectivity index (χ0v) is 14.7. The Bertz CT molecular complexity index is 921. The summed E-state index contributed by atoms with van der Waals surface area (Å²) in [6.45, 7) is 7.33. The number of hydrogen-bond donors (Lipinski definition) is 2. The molecular weight excluding hydrogens is 316 g/mol. The fourth-order valence-corrected chi connectivity index (χ4v) is 2.88. The SMILES string of the molecule is CC(C)(C)Cn1c(Cc2ccc(C(=O)O)cc2)cc2cnc(N)nc21. The van der Waals surface area contributed by atoms with Crippen molar-refractivity contribution in [2.75, 3.05) is 5.73 Å². The van der Waals surface area contributed by atoms with Crippen molar-refractivity contribution < 1.29 is 9.90 Å². The van der Waals surface area contributed by atoms with Gasteiger partial charge >= 0.3 is 5.97 Å². The Morgan fingerprint density at radius 1 is 1.24 bits per heavy atom. The van der Waals surface area contributed by atoms with Crippen molar-refractivity contribution >= 4 is 23.0 Å². The van der Waals surface area contributed by atoms with E-state index in [4.69, 9.17) is 10.8 Å². The maximum absolute atomic E-state index is 11.0. The molecule has 2 aromatic heterocycles. The number of carboxylic acid groups (broad SMARTS) is 1. The van der Waals surface area contributed by atoms with Crippen molar-refractivity contribution in [1.82, 2.24) is 14.5 Å². The van der Waals surface area contributed by atoms with Gasteiger partial charge in [-0.2, -0.15) is 4.98 Å². The minimum absolute atomic E-state index is 0.0770. The molecule has 1 aromatic carbocycles. The Hall–Kier alpha value is -2.89. The lowest BCUT2D eigenvalue weighted by Crippen LogP contribution is -2.18. The van der Waals surface area contributed by atoms with Crippen LogP contribution in [-0.4, -0.2) is 25.6 Å². The van der Waals surface area contributed by atoms with E-state index in [1.807, 2.05) is 12.1 Å². The van der Waals surface area contributed by atoms with Crippen molar-refractivity contribution in [2.24, 2.45) is 5.41 Å². The molecule has 0 atom stereocenters. The van der Waals surface area contributed by atoms with Gasteiger partial charge in [0.15, 0.2) is 0 Å². The smallest absolute Gasteiger partial charge is 0.335 e. The van der Waals surface area contributed by atoms with Gasteiger partial charge in [0.25, 0.3) is 0 Å². The quantitative estimate of drug-likeness (QED) is 0.761. The van der Waals surface area contributed by atoms with E-state index in [0.717, 1.165) is 28.8 Å². The van der Waals surface area contributed by atoms with E-state index < -0.39 is 5.97 Å². The van der Waals surface area contributed by atoms with Gasteiger partial charge in [0.2, 0.25) is 5.95 Å². The van der Waals surface area contributed by atoms with Crippen molar-refractivity contribution in [2.45, 2.75) is 33.7 Å². The van der Waals surface area contributed by atoms with Gasteiger partial charge in [0, 0.05) is 30.2 Å². The lowest BCUT2D eigenvalue weighted by atomic mass is 9.96. The summed E-state index contributed by atoms with van der Waals surface area (Å²) in [4.78, 5) is 19.5. The number of rotatable bonds is 4. The number of hydrogen-bond acceptors (Lipinski definition) is 4. The second kappa shape index (κ2) is 6.20. The zero-order valence-electron chi connectivity index (χ0n) is 14.7. The Morgan fingerprint density at radius 2 is 1.92 bits per heavy atom. The summed E-state index contributed by atoms with van der Waals surface area (Å²) in [5, 5.41) is 9.98. The van der Waals surface area contributed by atoms with Gasteiger partial charge in [-0.05, 0) is 29.2 Å². The molecule has 0 radical (unpaired) electrons. The molecule has 0 aliphatic carbocycles. The van der Waals surface area contributed by atoms with E-state index >= 15 is 0 Å². The number of fused-ring (bicyclic) bond motifs is 1. The van der Waals surface area contributed by atoms with Crippen molar-refractivity contribution in [1.29, 1.82) is 0 Å². The summed E-state index contributed by atoms with van der Waals surface area (Å²) in [7, 11) is 0. The molecule has 3 aromatic rings. The Balaban J connectivity index is 2.02. The molecule has 3 rings (SSSR count). The van der Waals surface area contributed by atoms with Crippen LogP contribution in [0.3, 0.4) is 0 Å². The number of nitrogens with zero attached hydrogens (tertiary/aromatic N) is 3. The maximum atomic E-state index is 11.0. The maximum Gasteiger partial charge on any atom is 0.335 e. The van der Waals surface area contributed by atoms with Gasteiger partial charge in [-0.25, -0.2) is 9.78 Å². The highest BCUT2D eigenvalue weighted by Crippen LogP contribution is 2.26. The largest absolute Gasteiger partial charge is 0.478 e. The van der Waals surface area contributed by atoms with Crippen LogP contribution in [0, 0.1) is 5.41 Å². The number of aromatic carboxylic acids is 1. The molecule has 0 spiro atoms. The third kappa shape index (κ3) is 3.79. The normalized spacial score (nSPS) is 11.8. The van der Waals surface area contributed by atoms with Gasteiger partial charge in [-0.1, -0.05) is 32.9 Å². The average molecular weight is 338 g/mol. The highest BCUT2D eigenvalue weighted by molar-refractivity contribution is 5.87. The highest BCUT2D eigenvalue weighted by atomic mass is 16.4. The second-order valence-electron chi connectivity index (χ2n) is 7.47. The van der Waals surface area contributed by atoms with Crippen molar-refractivity contribution in [3.63, 3.8) is 0 Å². The summed E-state index contributed by atoms with van der Waals surface area (Å²) in [5.41, 5.74) is 9.12. The fraction of sp³-hybridized carbons (Fsp3) is 0.316. The Labute approximate surface area is 146 Å². The van der Waals surface area contributed by atoms with Crippen LogP contribution in [0.1, 0.15) is 42.4 Å².